The van der Waals surface area contributed by atoms with Gasteiger partial charge in [-0.2, -0.15) is 10.2 Å². The van der Waals surface area contributed by atoms with Crippen molar-refractivity contribution in [3.8, 4) is 17.1 Å². The van der Waals surface area contributed by atoms with E-state index in [2.05, 4.69) is 32.4 Å². The number of carbonyl (C=O) groups excluding carboxylic acids is 1. The van der Waals surface area contributed by atoms with Crippen LogP contribution in [0.3, 0.4) is 0 Å². The minimum atomic E-state index is -0.331. The maximum absolute atomic E-state index is 13.2. The Morgan fingerprint density at radius 3 is 2.94 bits per heavy atom. The number of aryl methyl sites for hydroxylation is 2. The molecule has 2 bridgehead atoms. The highest BCUT2D eigenvalue weighted by Crippen LogP contribution is 2.31. The molecular weight excluding hydrogens is 432 g/mol. The minimum absolute atomic E-state index is 0.205. The summed E-state index contributed by atoms with van der Waals surface area (Å²) in [6, 6.07) is 3.21. The second-order valence-electron chi connectivity index (χ2n) is 8.16. The van der Waals surface area contributed by atoms with Gasteiger partial charge in [0.05, 0.1) is 30.3 Å². The number of anilines is 1. The van der Waals surface area contributed by atoms with Crippen LogP contribution >= 0.6 is 11.6 Å². The summed E-state index contributed by atoms with van der Waals surface area (Å²) < 4.78 is 11.4. The van der Waals surface area contributed by atoms with Crippen molar-refractivity contribution in [3.05, 3.63) is 35.2 Å². The van der Waals surface area contributed by atoms with Crippen LogP contribution in [-0.2, 0) is 20.6 Å². The molecule has 1 N–H and O–H groups in total. The molecule has 32 heavy (non-hydrogen) atoms. The van der Waals surface area contributed by atoms with E-state index in [1.165, 1.54) is 6.07 Å². The zero-order valence-electron chi connectivity index (χ0n) is 18.0. The molecule has 0 saturated carbocycles. The van der Waals surface area contributed by atoms with E-state index >= 15 is 0 Å². The monoisotopic (exact) mass is 454 g/mol. The van der Waals surface area contributed by atoms with Gasteiger partial charge in [-0.25, -0.2) is 14.6 Å². The molecule has 1 amide bonds. The second-order valence-corrected chi connectivity index (χ2v) is 8.55. The summed E-state index contributed by atoms with van der Waals surface area (Å²) in [4.78, 5) is 22.2. The van der Waals surface area contributed by atoms with Crippen LogP contribution in [0.1, 0.15) is 30.1 Å². The lowest BCUT2D eigenvalue weighted by Gasteiger charge is -2.15. The first-order valence-electron chi connectivity index (χ1n) is 10.4. The molecule has 0 aromatic carbocycles. The summed E-state index contributed by atoms with van der Waals surface area (Å²) in [5.41, 5.74) is 3.04. The van der Waals surface area contributed by atoms with Crippen LogP contribution in [0.5, 0.6) is 5.88 Å². The first-order chi connectivity index (χ1) is 15.4. The van der Waals surface area contributed by atoms with Gasteiger partial charge in [0.1, 0.15) is 10.7 Å². The van der Waals surface area contributed by atoms with Crippen LogP contribution in [0, 0.1) is 5.92 Å². The summed E-state index contributed by atoms with van der Waals surface area (Å²) in [5, 5.41) is 12.0. The van der Waals surface area contributed by atoms with Gasteiger partial charge in [0, 0.05) is 26.2 Å². The van der Waals surface area contributed by atoms with Crippen molar-refractivity contribution >= 4 is 34.6 Å². The smallest absolute Gasteiger partial charge is 0.258 e. The molecule has 1 aliphatic heterocycles. The quantitative estimate of drug-likeness (QED) is 0.409. The van der Waals surface area contributed by atoms with Gasteiger partial charge in [0.25, 0.3) is 5.91 Å². The number of carbonyl (C=O) groups is 1. The van der Waals surface area contributed by atoms with Crippen LogP contribution in [-0.4, -0.2) is 46.6 Å². The fourth-order valence-corrected chi connectivity index (χ4v) is 4.20. The van der Waals surface area contributed by atoms with Gasteiger partial charge >= 0.3 is 0 Å². The molecule has 4 aromatic heterocycles. The molecular formula is C21H23ClN8O2. The molecule has 0 unspecified atom stereocenters. The Balaban J connectivity index is 1.61. The highest BCUT2D eigenvalue weighted by Gasteiger charge is 2.21. The normalized spacial score (nSPS) is 17.1. The van der Waals surface area contributed by atoms with Crippen LogP contribution in [0.25, 0.3) is 22.4 Å². The predicted molar refractivity (Wildman–Crippen MR) is 120 cm³/mol. The van der Waals surface area contributed by atoms with E-state index in [-0.39, 0.29) is 11.1 Å². The minimum Gasteiger partial charge on any atom is -0.477 e. The fourth-order valence-electron chi connectivity index (χ4n) is 3.99. The van der Waals surface area contributed by atoms with Crippen molar-refractivity contribution in [2.24, 2.45) is 20.0 Å². The van der Waals surface area contributed by atoms with E-state index in [0.717, 1.165) is 24.0 Å². The van der Waals surface area contributed by atoms with Gasteiger partial charge in [-0.15, -0.1) is 0 Å². The summed E-state index contributed by atoms with van der Waals surface area (Å²) in [6.07, 6.45) is 5.30. The molecule has 0 fully saturated rings. The fraction of sp³-hybridized carbons (Fsp3) is 0.381. The number of amides is 1. The predicted octanol–water partition coefficient (Wildman–Crippen LogP) is 3.28. The zero-order chi connectivity index (χ0) is 22.4. The molecule has 10 nitrogen and oxygen atoms in total. The lowest BCUT2D eigenvalue weighted by Crippen LogP contribution is -2.18. The molecule has 0 saturated heterocycles. The topological polar surface area (TPSA) is 105 Å². The number of aromatic nitrogens is 7. The largest absolute Gasteiger partial charge is 0.477 e. The van der Waals surface area contributed by atoms with Gasteiger partial charge in [0.2, 0.25) is 11.8 Å². The van der Waals surface area contributed by atoms with Gasteiger partial charge in [-0.3, -0.25) is 19.4 Å². The molecule has 4 aromatic rings. The van der Waals surface area contributed by atoms with Gasteiger partial charge in [-0.05, 0) is 30.9 Å². The maximum Gasteiger partial charge on any atom is 0.258 e. The average molecular weight is 455 g/mol. The number of halogens is 1. The molecule has 0 radical (unpaired) electrons. The molecule has 0 spiro atoms. The molecule has 166 valence electrons. The molecule has 5 heterocycles. The first kappa shape index (κ1) is 20.5. The third-order valence-electron chi connectivity index (χ3n) is 5.54. The number of nitrogens with one attached hydrogen (secondary N) is 1. The molecule has 11 heteroatoms. The van der Waals surface area contributed by atoms with E-state index in [0.29, 0.717) is 47.7 Å². The lowest BCUT2D eigenvalue weighted by atomic mass is 10.1. The maximum atomic E-state index is 13.2. The third-order valence-corrected chi connectivity index (χ3v) is 5.74. The van der Waals surface area contributed by atoms with E-state index in [1.54, 1.807) is 21.6 Å². The van der Waals surface area contributed by atoms with Gasteiger partial charge < -0.3 is 4.74 Å². The molecule has 1 atom stereocenters. The van der Waals surface area contributed by atoms with Gasteiger partial charge in [0.15, 0.2) is 5.65 Å². The van der Waals surface area contributed by atoms with Crippen molar-refractivity contribution in [1.82, 2.24) is 34.1 Å². The number of pyridine rings is 1. The van der Waals surface area contributed by atoms with E-state index in [4.69, 9.17) is 16.3 Å². The van der Waals surface area contributed by atoms with Gasteiger partial charge in [-0.1, -0.05) is 18.5 Å². The molecule has 1 aliphatic rings. The first-order valence-corrected chi connectivity index (χ1v) is 10.8. The number of imidazole rings is 1. The van der Waals surface area contributed by atoms with Crippen LogP contribution < -0.4 is 10.1 Å². The summed E-state index contributed by atoms with van der Waals surface area (Å²) >= 11 is 6.27. The van der Waals surface area contributed by atoms with Crippen LogP contribution in [0.4, 0.5) is 5.95 Å². The summed E-state index contributed by atoms with van der Waals surface area (Å²) in [6.45, 7) is 3.38. The second kappa shape index (κ2) is 7.94. The third kappa shape index (κ3) is 3.70. The Morgan fingerprint density at radius 2 is 2.09 bits per heavy atom. The van der Waals surface area contributed by atoms with Crippen molar-refractivity contribution in [1.29, 1.82) is 0 Å². The Labute approximate surface area is 189 Å². The van der Waals surface area contributed by atoms with Crippen LogP contribution in [0.2, 0.25) is 5.15 Å². The van der Waals surface area contributed by atoms with E-state index < -0.39 is 0 Å². The Hall–Kier alpha value is -3.40. The lowest BCUT2D eigenvalue weighted by molar-refractivity contribution is 0.102. The average Bonchev–Trinajstić information content (AvgIpc) is 3.38. The molecule has 0 aliphatic carbocycles. The number of hydrogen-bond acceptors (Lipinski definition) is 6. The van der Waals surface area contributed by atoms with Crippen molar-refractivity contribution in [2.45, 2.75) is 26.3 Å². The SMILES string of the molecule is C[C@@H]1CCCOc2c(cnn2C)-c2cc(cc(Cl)n2)C(=O)Nc2nc3cn(C)nc3n2C1. The molecule has 5 rings (SSSR count). The zero-order valence-corrected chi connectivity index (χ0v) is 18.8. The van der Waals surface area contributed by atoms with Crippen molar-refractivity contribution in [3.63, 3.8) is 0 Å². The Morgan fingerprint density at radius 1 is 1.25 bits per heavy atom. The van der Waals surface area contributed by atoms with Crippen molar-refractivity contribution < 1.29 is 9.53 Å². The van der Waals surface area contributed by atoms with Crippen molar-refractivity contribution in [2.75, 3.05) is 11.9 Å². The number of nitrogens with zero attached hydrogens (tertiary/aromatic N) is 7. The highest BCUT2D eigenvalue weighted by atomic mass is 35.5. The standard InChI is InChI=1S/C21H23ClN8O2/c1-12-5-4-6-32-20-14(9-23-29(20)3)15-7-13(8-17(22)24-15)19(31)26-21-25-16-11-28(2)27-18(16)30(21)10-12/h7-9,11-12H,4-6,10H2,1-3H3,(H,25,26,31)/t12-/m1/s1. The Bertz CT molecular complexity index is 1320. The highest BCUT2D eigenvalue weighted by molar-refractivity contribution is 6.30. The number of rotatable bonds is 0. The summed E-state index contributed by atoms with van der Waals surface area (Å²) in [7, 11) is 3.67. The summed E-state index contributed by atoms with van der Waals surface area (Å²) in [5.74, 6) is 1.05. The Kier molecular flexibility index (Phi) is 5.09. The number of fused-ring (bicyclic) bond motifs is 7. The van der Waals surface area contributed by atoms with Crippen LogP contribution in [0.15, 0.2) is 24.5 Å². The number of ether oxygens (including phenoxy) is 1. The van der Waals surface area contributed by atoms with E-state index in [1.807, 2.05) is 24.9 Å². The number of hydrogen-bond donors (Lipinski definition) is 1. The van der Waals surface area contributed by atoms with E-state index in [9.17, 15) is 4.79 Å².